The van der Waals surface area contributed by atoms with Crippen LogP contribution >= 0.6 is 27.5 Å². The van der Waals surface area contributed by atoms with Gasteiger partial charge in [-0.15, -0.1) is 0 Å². The van der Waals surface area contributed by atoms with E-state index in [4.69, 9.17) is 11.6 Å². The number of rotatable bonds is 17. The van der Waals surface area contributed by atoms with Crippen LogP contribution in [-0.4, -0.2) is 28.2 Å². The minimum absolute atomic E-state index is 0.134. The minimum atomic E-state index is -0.638. The molecule has 1 amide bonds. The summed E-state index contributed by atoms with van der Waals surface area (Å²) in [6, 6.07) is 13.6. The van der Waals surface area contributed by atoms with Crippen LogP contribution in [0.1, 0.15) is 114 Å². The molecule has 212 valence electrons. The van der Waals surface area contributed by atoms with E-state index in [0.717, 1.165) is 29.3 Å². The van der Waals surface area contributed by atoms with Crippen molar-refractivity contribution in [1.82, 2.24) is 4.90 Å². The lowest BCUT2D eigenvalue weighted by molar-refractivity contribution is -0.139. The van der Waals surface area contributed by atoms with Gasteiger partial charge in [-0.2, -0.15) is 0 Å². The first kappa shape index (κ1) is 31.4. The lowest BCUT2D eigenvalue weighted by atomic mass is 9.95. The number of hydrogen-bond acceptors (Lipinski definition) is 3. The van der Waals surface area contributed by atoms with E-state index < -0.39 is 17.7 Å². The highest BCUT2D eigenvalue weighted by Crippen LogP contribution is 2.40. The predicted molar refractivity (Wildman–Crippen MR) is 165 cm³/mol. The van der Waals surface area contributed by atoms with Gasteiger partial charge in [0, 0.05) is 21.6 Å². The summed E-state index contributed by atoms with van der Waals surface area (Å²) < 4.78 is 0.910. The van der Waals surface area contributed by atoms with Crippen molar-refractivity contribution in [3.05, 3.63) is 74.7 Å². The van der Waals surface area contributed by atoms with E-state index in [1.54, 1.807) is 29.2 Å². The molecule has 0 saturated carbocycles. The first-order chi connectivity index (χ1) is 18.9. The smallest absolute Gasteiger partial charge is 0.295 e. The fourth-order valence-corrected chi connectivity index (χ4v) is 5.73. The number of unbranched alkanes of at least 4 members (excludes halogenated alkanes) is 13. The topological polar surface area (TPSA) is 57.6 Å². The molecule has 0 radical (unpaired) electrons. The summed E-state index contributed by atoms with van der Waals surface area (Å²) in [7, 11) is 0. The fraction of sp³-hybridized carbons (Fsp3) is 0.515. The predicted octanol–water partition coefficient (Wildman–Crippen LogP) is 10.0. The highest BCUT2D eigenvalue weighted by molar-refractivity contribution is 9.10. The molecule has 1 heterocycles. The Hall–Kier alpha value is -2.11. The van der Waals surface area contributed by atoms with Gasteiger partial charge in [0.05, 0.1) is 11.6 Å². The second-order valence-corrected chi connectivity index (χ2v) is 12.0. The maximum atomic E-state index is 13.2. The Morgan fingerprint density at radius 2 is 1.26 bits per heavy atom. The first-order valence-electron chi connectivity index (χ1n) is 14.7. The third-order valence-corrected chi connectivity index (χ3v) is 8.38. The van der Waals surface area contributed by atoms with Gasteiger partial charge in [0.1, 0.15) is 5.76 Å². The Morgan fingerprint density at radius 3 is 1.77 bits per heavy atom. The van der Waals surface area contributed by atoms with Crippen LogP contribution in [0.25, 0.3) is 5.76 Å². The van der Waals surface area contributed by atoms with Gasteiger partial charge in [-0.1, -0.05) is 130 Å². The number of ketones is 1. The van der Waals surface area contributed by atoms with Crippen LogP contribution < -0.4 is 0 Å². The summed E-state index contributed by atoms with van der Waals surface area (Å²) in [6.45, 7) is 2.75. The van der Waals surface area contributed by atoms with Gasteiger partial charge >= 0.3 is 0 Å². The van der Waals surface area contributed by atoms with Gasteiger partial charge in [0.25, 0.3) is 11.7 Å². The number of hydrogen-bond donors (Lipinski definition) is 1. The number of benzene rings is 2. The average molecular weight is 617 g/mol. The van der Waals surface area contributed by atoms with Crippen LogP contribution in [0.2, 0.25) is 5.02 Å². The quantitative estimate of drug-likeness (QED) is 0.0833. The van der Waals surface area contributed by atoms with Crippen molar-refractivity contribution < 1.29 is 14.7 Å². The summed E-state index contributed by atoms with van der Waals surface area (Å²) >= 11 is 9.47. The maximum absolute atomic E-state index is 13.2. The Balaban J connectivity index is 1.52. The number of carbonyl (C=O) groups excluding carboxylic acids is 2. The zero-order chi connectivity index (χ0) is 28.0. The van der Waals surface area contributed by atoms with E-state index in [1.807, 2.05) is 24.3 Å². The van der Waals surface area contributed by atoms with Crippen molar-refractivity contribution >= 4 is 45.0 Å². The molecule has 1 unspecified atom stereocenters. The molecule has 2 aromatic rings. The SMILES string of the molecule is CCCCCCCCCCCCCCCCN1C(=O)C(=O)/C(=C(\O)c2ccc(Cl)cc2)C1c1ccc(Br)cc1. The third-order valence-electron chi connectivity index (χ3n) is 7.60. The number of Topliss-reactive ketones (excluding diaryl/α,β-unsaturated/α-hetero) is 1. The fourth-order valence-electron chi connectivity index (χ4n) is 5.34. The van der Waals surface area contributed by atoms with Crippen molar-refractivity contribution in [3.8, 4) is 0 Å². The van der Waals surface area contributed by atoms with Crippen LogP contribution in [0.15, 0.2) is 58.6 Å². The molecule has 2 aromatic carbocycles. The molecular weight excluding hydrogens is 574 g/mol. The van der Waals surface area contributed by atoms with Gasteiger partial charge in [0.2, 0.25) is 0 Å². The molecule has 39 heavy (non-hydrogen) atoms. The molecule has 6 heteroatoms. The van der Waals surface area contributed by atoms with E-state index in [9.17, 15) is 14.7 Å². The monoisotopic (exact) mass is 615 g/mol. The number of likely N-dealkylation sites (tertiary alicyclic amines) is 1. The molecular formula is C33H43BrClNO3. The number of aliphatic hydroxyl groups excluding tert-OH is 1. The van der Waals surface area contributed by atoms with E-state index in [0.29, 0.717) is 17.1 Å². The van der Waals surface area contributed by atoms with Gasteiger partial charge < -0.3 is 10.0 Å². The maximum Gasteiger partial charge on any atom is 0.295 e. The van der Waals surface area contributed by atoms with Gasteiger partial charge in [-0.3, -0.25) is 9.59 Å². The molecule has 1 aliphatic heterocycles. The van der Waals surface area contributed by atoms with Crippen LogP contribution in [-0.2, 0) is 9.59 Å². The summed E-state index contributed by atoms with van der Waals surface area (Å²) in [5.74, 6) is -1.35. The number of nitrogens with zero attached hydrogens (tertiary/aromatic N) is 1. The first-order valence-corrected chi connectivity index (χ1v) is 15.9. The number of amides is 1. The Bertz CT molecular complexity index is 1080. The lowest BCUT2D eigenvalue weighted by Gasteiger charge is -2.25. The minimum Gasteiger partial charge on any atom is -0.507 e. The Labute approximate surface area is 248 Å². The average Bonchev–Trinajstić information content (AvgIpc) is 3.18. The largest absolute Gasteiger partial charge is 0.507 e. The molecule has 1 saturated heterocycles. The molecule has 0 aliphatic carbocycles. The molecule has 3 rings (SSSR count). The third kappa shape index (κ3) is 9.49. The molecule has 0 bridgehead atoms. The van der Waals surface area contributed by atoms with E-state index in [1.165, 1.54) is 70.6 Å². The summed E-state index contributed by atoms with van der Waals surface area (Å²) in [4.78, 5) is 27.9. The number of carbonyl (C=O) groups is 2. The van der Waals surface area contributed by atoms with Crippen LogP contribution in [0.5, 0.6) is 0 Å². The van der Waals surface area contributed by atoms with Crippen molar-refractivity contribution in [2.45, 2.75) is 103 Å². The van der Waals surface area contributed by atoms with Crippen molar-refractivity contribution in [2.24, 2.45) is 0 Å². The molecule has 0 aromatic heterocycles. The van der Waals surface area contributed by atoms with Crippen molar-refractivity contribution in [3.63, 3.8) is 0 Å². The van der Waals surface area contributed by atoms with Crippen LogP contribution in [0, 0.1) is 0 Å². The van der Waals surface area contributed by atoms with E-state index in [2.05, 4.69) is 22.9 Å². The van der Waals surface area contributed by atoms with Crippen molar-refractivity contribution in [2.75, 3.05) is 6.54 Å². The second-order valence-electron chi connectivity index (χ2n) is 10.6. The normalized spacial score (nSPS) is 16.8. The zero-order valence-corrected chi connectivity index (χ0v) is 25.6. The second kappa shape index (κ2) is 16.9. The Kier molecular flexibility index (Phi) is 13.6. The molecule has 4 nitrogen and oxygen atoms in total. The van der Waals surface area contributed by atoms with Gasteiger partial charge in [-0.25, -0.2) is 0 Å². The summed E-state index contributed by atoms with van der Waals surface area (Å²) in [5.41, 5.74) is 1.41. The van der Waals surface area contributed by atoms with E-state index >= 15 is 0 Å². The molecule has 1 fully saturated rings. The van der Waals surface area contributed by atoms with Gasteiger partial charge in [0.15, 0.2) is 0 Å². The molecule has 0 spiro atoms. The molecule has 1 atom stereocenters. The molecule has 1 aliphatic rings. The van der Waals surface area contributed by atoms with Crippen LogP contribution in [0.3, 0.4) is 0 Å². The van der Waals surface area contributed by atoms with Gasteiger partial charge in [-0.05, 0) is 48.4 Å². The number of aliphatic hydroxyl groups is 1. The van der Waals surface area contributed by atoms with Crippen LogP contribution in [0.4, 0.5) is 0 Å². The molecule has 1 N–H and O–H groups in total. The van der Waals surface area contributed by atoms with E-state index in [-0.39, 0.29) is 11.3 Å². The highest BCUT2D eigenvalue weighted by Gasteiger charge is 2.45. The lowest BCUT2D eigenvalue weighted by Crippen LogP contribution is -2.30. The highest BCUT2D eigenvalue weighted by atomic mass is 79.9. The summed E-state index contributed by atoms with van der Waals surface area (Å²) in [6.07, 6.45) is 17.7. The Morgan fingerprint density at radius 1 is 0.769 bits per heavy atom. The van der Waals surface area contributed by atoms with Crippen molar-refractivity contribution in [1.29, 1.82) is 0 Å². The summed E-state index contributed by atoms with van der Waals surface area (Å²) in [5, 5.41) is 11.7. The standard InChI is InChI=1S/C33H43BrClNO3/c1-2-3-4-5-6-7-8-9-10-11-12-13-14-15-24-36-30(25-16-20-27(34)21-17-25)29(32(38)33(36)39)31(37)26-18-22-28(35)23-19-26/h16-23,30,37H,2-15,24H2,1H3/b31-29-. The number of halogens is 2. The zero-order valence-electron chi connectivity index (χ0n) is 23.3.